The van der Waals surface area contributed by atoms with Crippen LogP contribution in [0.1, 0.15) is 67.7 Å². The minimum Gasteiger partial charge on any atom is -0.493 e. The van der Waals surface area contributed by atoms with Crippen molar-refractivity contribution < 1.29 is 76.0 Å². The van der Waals surface area contributed by atoms with Crippen LogP contribution < -0.4 is 26.2 Å². The first kappa shape index (κ1) is 55.8. The van der Waals surface area contributed by atoms with Crippen LogP contribution in [0.25, 0.3) is 22.3 Å². The lowest BCUT2D eigenvalue weighted by Gasteiger charge is -2.31. The van der Waals surface area contributed by atoms with E-state index in [0.717, 1.165) is 0 Å². The highest BCUT2D eigenvalue weighted by Gasteiger charge is 2.45. The molecule has 0 fully saturated rings. The topological polar surface area (TPSA) is 252 Å². The van der Waals surface area contributed by atoms with Crippen molar-refractivity contribution in [2.24, 2.45) is 0 Å². The zero-order chi connectivity index (χ0) is 50.1. The standard InChI is InChI=1S/C48H68FN5O16/c1-4-48(60)37-28-40-44-33(31-54(40)46(58)36(37)32-70-47(48)59)27-34-35(45(62-3)38(49)29-39(34)53-44)30-52-43(57)9-6-10-50-41(55)7-5-8-42(56)51-11-12-63-15-16-65-19-20-67-23-24-69-26-25-68-22-21-66-18-17-64-14-13-61-2/h27-29,60H,4-26,30-32H2,1-3H3,(H,50,55)(H,51,56)(H,52,57)/t48-/m0/s1. The molecule has 0 bridgehead atoms. The Balaban J connectivity index is 0.871. The third-order valence-corrected chi connectivity index (χ3v) is 11.4. The van der Waals surface area contributed by atoms with E-state index < -0.39 is 22.9 Å². The number of aliphatic hydroxyl groups is 1. The first-order valence-electron chi connectivity index (χ1n) is 23.7. The van der Waals surface area contributed by atoms with Crippen molar-refractivity contribution in [3.8, 4) is 17.1 Å². The molecule has 0 saturated heterocycles. The van der Waals surface area contributed by atoms with Crippen LogP contribution in [-0.2, 0) is 87.1 Å². The molecule has 2 aliphatic rings. The highest BCUT2D eigenvalue weighted by Crippen LogP contribution is 2.40. The van der Waals surface area contributed by atoms with Gasteiger partial charge in [0.2, 0.25) is 17.7 Å². The van der Waals surface area contributed by atoms with Gasteiger partial charge in [0.1, 0.15) is 6.61 Å². The summed E-state index contributed by atoms with van der Waals surface area (Å²) in [6.07, 6.45) is 1.08. The van der Waals surface area contributed by atoms with Crippen molar-refractivity contribution in [2.45, 2.75) is 70.7 Å². The molecule has 70 heavy (non-hydrogen) atoms. The summed E-state index contributed by atoms with van der Waals surface area (Å²) >= 11 is 0. The van der Waals surface area contributed by atoms with E-state index in [1.54, 1.807) is 26.2 Å². The number of benzene rings is 1. The lowest BCUT2D eigenvalue weighted by atomic mass is 9.86. The van der Waals surface area contributed by atoms with E-state index in [1.165, 1.54) is 17.7 Å². The summed E-state index contributed by atoms with van der Waals surface area (Å²) in [5.41, 5.74) is -0.0158. The number of nitrogens with one attached hydrogen (secondary N) is 3. The molecule has 0 spiro atoms. The van der Waals surface area contributed by atoms with E-state index in [-0.39, 0.29) is 92.0 Å². The Morgan fingerprint density at radius 1 is 0.729 bits per heavy atom. The first-order chi connectivity index (χ1) is 34.0. The van der Waals surface area contributed by atoms with Crippen molar-refractivity contribution in [2.75, 3.05) is 126 Å². The maximum Gasteiger partial charge on any atom is 0.343 e. The fourth-order valence-electron chi connectivity index (χ4n) is 7.70. The number of aromatic nitrogens is 2. The van der Waals surface area contributed by atoms with Gasteiger partial charge in [-0.05, 0) is 31.4 Å². The van der Waals surface area contributed by atoms with Crippen LogP contribution in [0, 0.1) is 5.82 Å². The van der Waals surface area contributed by atoms with Gasteiger partial charge in [-0.1, -0.05) is 6.92 Å². The van der Waals surface area contributed by atoms with Crippen molar-refractivity contribution in [3.63, 3.8) is 0 Å². The average molecular weight is 990 g/mol. The molecule has 21 nitrogen and oxygen atoms in total. The molecule has 4 heterocycles. The zero-order valence-electron chi connectivity index (χ0n) is 40.5. The normalized spacial score (nSPS) is 14.8. The molecule has 2 aliphatic heterocycles. The van der Waals surface area contributed by atoms with Gasteiger partial charge in [-0.3, -0.25) is 19.2 Å². The molecule has 22 heteroatoms. The van der Waals surface area contributed by atoms with Crippen LogP contribution in [0.15, 0.2) is 23.0 Å². The maximum absolute atomic E-state index is 15.4. The molecule has 0 aliphatic carbocycles. The van der Waals surface area contributed by atoms with E-state index in [9.17, 15) is 29.1 Å². The van der Waals surface area contributed by atoms with Gasteiger partial charge in [-0.2, -0.15) is 0 Å². The van der Waals surface area contributed by atoms with Gasteiger partial charge in [0, 0.05) is 74.1 Å². The van der Waals surface area contributed by atoms with E-state index in [2.05, 4.69) is 16.0 Å². The number of carbonyl (C=O) groups excluding carboxylic acids is 4. The Labute approximate surface area is 406 Å². The number of pyridine rings is 2. The molecule has 0 radical (unpaired) electrons. The van der Waals surface area contributed by atoms with Gasteiger partial charge in [0.15, 0.2) is 17.2 Å². The number of hydrogen-bond acceptors (Lipinski definition) is 17. The van der Waals surface area contributed by atoms with Crippen molar-refractivity contribution in [3.05, 3.63) is 56.6 Å². The van der Waals surface area contributed by atoms with Gasteiger partial charge < -0.3 is 73.0 Å². The van der Waals surface area contributed by atoms with Crippen molar-refractivity contribution in [1.29, 1.82) is 0 Å². The van der Waals surface area contributed by atoms with E-state index in [0.29, 0.717) is 146 Å². The van der Waals surface area contributed by atoms with E-state index >= 15 is 4.39 Å². The lowest BCUT2D eigenvalue weighted by molar-refractivity contribution is -0.172. The van der Waals surface area contributed by atoms with Crippen LogP contribution >= 0.6 is 0 Å². The molecular formula is C48H68FN5O16. The largest absolute Gasteiger partial charge is 0.493 e. The maximum atomic E-state index is 15.4. The summed E-state index contributed by atoms with van der Waals surface area (Å²) in [4.78, 5) is 68.3. The summed E-state index contributed by atoms with van der Waals surface area (Å²) in [5, 5.41) is 20.0. The Hall–Kier alpha value is -5.17. The molecule has 0 saturated carbocycles. The number of ether oxygens (including phenoxy) is 10. The fourth-order valence-corrected chi connectivity index (χ4v) is 7.70. The van der Waals surface area contributed by atoms with Gasteiger partial charge in [0.25, 0.3) is 5.56 Å². The smallest absolute Gasteiger partial charge is 0.343 e. The molecule has 1 aromatic carbocycles. The monoisotopic (exact) mass is 989 g/mol. The second-order valence-corrected chi connectivity index (χ2v) is 16.2. The van der Waals surface area contributed by atoms with Crippen LogP contribution in [0.2, 0.25) is 0 Å². The van der Waals surface area contributed by atoms with E-state index in [1.807, 2.05) is 0 Å². The minimum atomic E-state index is -1.99. The SMILES string of the molecule is CC[C@@]1(O)C(=O)OCc2c1cc1n(c2=O)Cc2cc3c(CNC(=O)CCCNC(=O)CCCC(=O)NCCOCCOCCOCCOCCOCCOCCOCCOC)c(OC)c(F)cc3nc2-1. The molecule has 3 amide bonds. The molecule has 3 aromatic rings. The van der Waals surface area contributed by atoms with Gasteiger partial charge in [-0.15, -0.1) is 0 Å². The zero-order valence-corrected chi connectivity index (χ0v) is 40.5. The van der Waals surface area contributed by atoms with Gasteiger partial charge in [-0.25, -0.2) is 14.2 Å². The summed E-state index contributed by atoms with van der Waals surface area (Å²) < 4.78 is 70.4. The van der Waals surface area contributed by atoms with Gasteiger partial charge >= 0.3 is 5.97 Å². The highest BCUT2D eigenvalue weighted by atomic mass is 19.1. The van der Waals surface area contributed by atoms with Crippen LogP contribution in [0.3, 0.4) is 0 Å². The predicted molar refractivity (Wildman–Crippen MR) is 250 cm³/mol. The Morgan fingerprint density at radius 3 is 1.81 bits per heavy atom. The van der Waals surface area contributed by atoms with E-state index in [4.69, 9.17) is 52.4 Å². The number of fused-ring (bicyclic) bond motifs is 5. The average Bonchev–Trinajstić information content (AvgIpc) is 3.71. The highest BCUT2D eigenvalue weighted by molar-refractivity contribution is 5.90. The molecule has 2 aromatic heterocycles. The quantitative estimate of drug-likeness (QED) is 0.0375. The number of methoxy groups -OCH3 is 2. The predicted octanol–water partition coefficient (Wildman–Crippen LogP) is 1.79. The Kier molecular flexibility index (Phi) is 23.8. The second kappa shape index (κ2) is 29.9. The summed E-state index contributed by atoms with van der Waals surface area (Å²) in [5.74, 6) is -2.37. The van der Waals surface area contributed by atoms with Crippen molar-refractivity contribution >= 4 is 34.6 Å². The summed E-state index contributed by atoms with van der Waals surface area (Å²) in [6, 6.07) is 4.57. The third-order valence-electron chi connectivity index (χ3n) is 11.4. The van der Waals surface area contributed by atoms with Crippen LogP contribution in [0.4, 0.5) is 4.39 Å². The lowest BCUT2D eigenvalue weighted by Crippen LogP contribution is -2.44. The number of esters is 1. The number of cyclic esters (lactones) is 1. The second-order valence-electron chi connectivity index (χ2n) is 16.2. The third kappa shape index (κ3) is 16.5. The van der Waals surface area contributed by atoms with Crippen molar-refractivity contribution in [1.82, 2.24) is 25.5 Å². The Morgan fingerprint density at radius 2 is 1.26 bits per heavy atom. The molecular weight excluding hydrogens is 922 g/mol. The molecule has 1 atom stereocenters. The number of amides is 3. The molecule has 4 N–H and O–H groups in total. The number of halogens is 1. The molecule has 5 rings (SSSR count). The molecule has 0 unspecified atom stereocenters. The number of carbonyl (C=O) groups is 4. The summed E-state index contributed by atoms with van der Waals surface area (Å²) in [7, 11) is 2.95. The minimum absolute atomic E-state index is 0.00401. The Bertz CT molecular complexity index is 2250. The number of nitrogens with zero attached hydrogens (tertiary/aromatic N) is 2. The van der Waals surface area contributed by atoms with Crippen LogP contribution in [0.5, 0.6) is 5.75 Å². The van der Waals surface area contributed by atoms with Crippen LogP contribution in [-0.4, -0.2) is 165 Å². The summed E-state index contributed by atoms with van der Waals surface area (Å²) in [6.45, 7) is 8.87. The fraction of sp³-hybridized carbons (Fsp3) is 0.625. The number of rotatable bonds is 36. The first-order valence-corrected chi connectivity index (χ1v) is 23.7. The van der Waals surface area contributed by atoms with Gasteiger partial charge in [0.05, 0.1) is 135 Å². The molecule has 388 valence electrons. The number of hydrogen-bond donors (Lipinski definition) is 4.